The molecule has 5 heterocycles. The zero-order valence-electron chi connectivity index (χ0n) is 18.5. The van der Waals surface area contributed by atoms with Gasteiger partial charge in [-0.2, -0.15) is 0 Å². The average Bonchev–Trinajstić information content (AvgIpc) is 3.62. The van der Waals surface area contributed by atoms with Gasteiger partial charge in [-0.05, 0) is 54.6 Å². The molecule has 0 atom stereocenters. The first-order valence-corrected chi connectivity index (χ1v) is 12.0. The molecule has 10 heteroatoms. The first-order chi connectivity index (χ1) is 16.8. The number of nitrogens with one attached hydrogen (secondary N) is 1. The molecule has 1 aliphatic rings. The largest absolute Gasteiger partial charge is 0.475 e. The third-order valence-electron chi connectivity index (χ3n) is 5.68. The summed E-state index contributed by atoms with van der Waals surface area (Å²) in [6.45, 7) is 2.29. The lowest BCUT2D eigenvalue weighted by Crippen LogP contribution is -2.41. The highest BCUT2D eigenvalue weighted by atomic mass is 32.1. The molecule has 34 heavy (non-hydrogen) atoms. The molecular weight excluding hydrogens is 452 g/mol. The summed E-state index contributed by atoms with van der Waals surface area (Å²) < 4.78 is 10.9. The van der Waals surface area contributed by atoms with Gasteiger partial charge in [0.05, 0.1) is 17.7 Å². The number of amides is 1. The number of nitrogens with zero attached hydrogens (tertiary/aromatic N) is 5. The van der Waals surface area contributed by atoms with E-state index in [1.807, 2.05) is 35.7 Å². The Morgan fingerprint density at radius 1 is 1.03 bits per heavy atom. The van der Waals surface area contributed by atoms with Crippen molar-refractivity contribution in [1.29, 1.82) is 0 Å². The van der Waals surface area contributed by atoms with Crippen LogP contribution < -0.4 is 15.0 Å². The molecule has 0 saturated carbocycles. The fourth-order valence-corrected chi connectivity index (χ4v) is 4.54. The maximum absolute atomic E-state index is 12.6. The first-order valence-electron chi connectivity index (χ1n) is 11.2. The lowest BCUT2D eigenvalue weighted by molar-refractivity contribution is -0.125. The molecule has 4 aromatic heterocycles. The number of rotatable bonds is 8. The molecule has 1 fully saturated rings. The fourth-order valence-electron chi connectivity index (χ4n) is 3.85. The van der Waals surface area contributed by atoms with Crippen molar-refractivity contribution in [3.63, 3.8) is 0 Å². The van der Waals surface area contributed by atoms with E-state index in [0.717, 1.165) is 42.3 Å². The van der Waals surface area contributed by atoms with Crippen molar-refractivity contribution in [2.24, 2.45) is 5.92 Å². The van der Waals surface area contributed by atoms with Crippen molar-refractivity contribution in [2.45, 2.75) is 12.8 Å². The molecule has 9 nitrogen and oxygen atoms in total. The van der Waals surface area contributed by atoms with Crippen LogP contribution in [0.3, 0.4) is 0 Å². The van der Waals surface area contributed by atoms with Crippen LogP contribution >= 0.6 is 11.3 Å². The van der Waals surface area contributed by atoms with E-state index in [9.17, 15) is 4.79 Å². The third kappa shape index (κ3) is 5.23. The van der Waals surface area contributed by atoms with Crippen LogP contribution in [0.25, 0.3) is 22.0 Å². The van der Waals surface area contributed by atoms with Crippen molar-refractivity contribution in [3.05, 3.63) is 60.2 Å². The normalized spacial score (nSPS) is 14.2. The Hall–Kier alpha value is -3.79. The number of thiophene rings is 1. The van der Waals surface area contributed by atoms with Gasteiger partial charge in [0.2, 0.25) is 11.8 Å². The number of ether oxygens (including phenoxy) is 1. The van der Waals surface area contributed by atoms with Gasteiger partial charge in [-0.15, -0.1) is 31.7 Å². The molecule has 1 amide bonds. The minimum Gasteiger partial charge on any atom is -0.475 e. The summed E-state index contributed by atoms with van der Waals surface area (Å²) in [4.78, 5) is 15.8. The highest BCUT2D eigenvalue weighted by Crippen LogP contribution is 2.25. The Kier molecular flexibility index (Phi) is 6.76. The average molecular weight is 477 g/mol. The molecule has 0 radical (unpaired) electrons. The number of aromatic nitrogens is 4. The summed E-state index contributed by atoms with van der Waals surface area (Å²) in [6, 6.07) is 15.2. The van der Waals surface area contributed by atoms with Crippen LogP contribution in [0.15, 0.2) is 64.6 Å². The number of anilines is 1. The SMILES string of the molecule is O=C(NCCOc1ccc(-c2ccco2)nn1)C1CCN(c2ccc(-c3cccs3)nn2)CC1. The monoisotopic (exact) mass is 476 g/mol. The number of carbonyl (C=O) groups is 1. The van der Waals surface area contributed by atoms with E-state index in [1.54, 1.807) is 35.8 Å². The second kappa shape index (κ2) is 10.4. The van der Waals surface area contributed by atoms with Gasteiger partial charge in [0, 0.05) is 25.1 Å². The zero-order chi connectivity index (χ0) is 23.2. The predicted molar refractivity (Wildman–Crippen MR) is 129 cm³/mol. The molecule has 0 unspecified atom stereocenters. The van der Waals surface area contributed by atoms with Gasteiger partial charge in [0.25, 0.3) is 0 Å². The highest BCUT2D eigenvalue weighted by molar-refractivity contribution is 7.13. The van der Waals surface area contributed by atoms with Crippen molar-refractivity contribution < 1.29 is 13.9 Å². The number of furan rings is 1. The van der Waals surface area contributed by atoms with E-state index in [4.69, 9.17) is 9.15 Å². The quantitative estimate of drug-likeness (QED) is 0.384. The van der Waals surface area contributed by atoms with Gasteiger partial charge in [-0.25, -0.2) is 0 Å². The van der Waals surface area contributed by atoms with Gasteiger partial charge in [0.15, 0.2) is 11.6 Å². The topological polar surface area (TPSA) is 106 Å². The van der Waals surface area contributed by atoms with E-state index in [0.29, 0.717) is 30.5 Å². The van der Waals surface area contributed by atoms with Gasteiger partial charge in [0.1, 0.15) is 18.0 Å². The smallest absolute Gasteiger partial charge is 0.233 e. The van der Waals surface area contributed by atoms with Crippen LogP contribution in [0, 0.1) is 5.92 Å². The molecule has 1 N–H and O–H groups in total. The summed E-state index contributed by atoms with van der Waals surface area (Å²) in [6.07, 6.45) is 3.15. The Morgan fingerprint density at radius 3 is 2.56 bits per heavy atom. The van der Waals surface area contributed by atoms with Gasteiger partial charge in [-0.1, -0.05) is 6.07 Å². The number of hydrogen-bond acceptors (Lipinski definition) is 9. The van der Waals surface area contributed by atoms with Crippen molar-refractivity contribution in [1.82, 2.24) is 25.7 Å². The minimum atomic E-state index is -0.0121. The van der Waals surface area contributed by atoms with Gasteiger partial charge in [-0.3, -0.25) is 4.79 Å². The standard InChI is InChI=1S/C24H24N6O3S/c31-24(25-11-15-33-23-8-6-18(26-29-23)20-3-1-14-32-20)17-9-12-30(13-10-17)22-7-5-19(27-28-22)21-4-2-16-34-21/h1-8,14,16-17H,9-13,15H2,(H,25,31). The van der Waals surface area contributed by atoms with Crippen LogP contribution in [-0.4, -0.2) is 52.5 Å². The third-order valence-corrected chi connectivity index (χ3v) is 6.57. The molecule has 4 aromatic rings. The van der Waals surface area contributed by atoms with Crippen molar-refractivity contribution >= 4 is 23.1 Å². The van der Waals surface area contributed by atoms with Crippen molar-refractivity contribution in [3.8, 4) is 27.9 Å². The first kappa shape index (κ1) is 22.0. The number of piperidine rings is 1. The Balaban J connectivity index is 1.03. The van der Waals surface area contributed by atoms with E-state index >= 15 is 0 Å². The molecule has 5 rings (SSSR count). The van der Waals surface area contributed by atoms with Crippen LogP contribution in [0.2, 0.25) is 0 Å². The zero-order valence-corrected chi connectivity index (χ0v) is 19.3. The minimum absolute atomic E-state index is 0.0121. The van der Waals surface area contributed by atoms with E-state index in [2.05, 4.69) is 30.6 Å². The summed E-state index contributed by atoms with van der Waals surface area (Å²) in [7, 11) is 0. The van der Waals surface area contributed by atoms with Crippen LogP contribution in [0.1, 0.15) is 12.8 Å². The molecule has 0 aromatic carbocycles. The lowest BCUT2D eigenvalue weighted by Gasteiger charge is -2.31. The summed E-state index contributed by atoms with van der Waals surface area (Å²) in [5.41, 5.74) is 1.52. The molecule has 1 saturated heterocycles. The van der Waals surface area contributed by atoms with Crippen LogP contribution in [-0.2, 0) is 4.79 Å². The van der Waals surface area contributed by atoms with Gasteiger partial charge < -0.3 is 19.4 Å². The van der Waals surface area contributed by atoms with E-state index < -0.39 is 0 Å². The Morgan fingerprint density at radius 2 is 1.88 bits per heavy atom. The second-order valence-corrected chi connectivity index (χ2v) is 8.84. The Bertz CT molecular complexity index is 1170. The number of hydrogen-bond donors (Lipinski definition) is 1. The predicted octanol–water partition coefficient (Wildman–Crippen LogP) is 3.67. The number of carbonyl (C=O) groups excluding carboxylic acids is 1. The molecule has 1 aliphatic heterocycles. The van der Waals surface area contributed by atoms with Crippen LogP contribution in [0.5, 0.6) is 5.88 Å². The van der Waals surface area contributed by atoms with Gasteiger partial charge >= 0.3 is 0 Å². The summed E-state index contributed by atoms with van der Waals surface area (Å²) in [5, 5.41) is 21.9. The maximum Gasteiger partial charge on any atom is 0.233 e. The van der Waals surface area contributed by atoms with Crippen LogP contribution in [0.4, 0.5) is 5.82 Å². The second-order valence-electron chi connectivity index (χ2n) is 7.89. The molecule has 0 spiro atoms. The molecular formula is C24H24N6O3S. The summed E-state index contributed by atoms with van der Waals surface area (Å²) in [5.74, 6) is 1.96. The molecule has 0 aliphatic carbocycles. The van der Waals surface area contributed by atoms with E-state index in [1.165, 1.54) is 0 Å². The highest BCUT2D eigenvalue weighted by Gasteiger charge is 2.25. The maximum atomic E-state index is 12.6. The fraction of sp³-hybridized carbons (Fsp3) is 0.292. The van der Waals surface area contributed by atoms with Crippen molar-refractivity contribution in [2.75, 3.05) is 31.1 Å². The lowest BCUT2D eigenvalue weighted by atomic mass is 9.96. The van der Waals surface area contributed by atoms with E-state index in [-0.39, 0.29) is 11.8 Å². The Labute approximate surface area is 200 Å². The molecule has 174 valence electrons. The summed E-state index contributed by atoms with van der Waals surface area (Å²) >= 11 is 1.65. The molecule has 0 bridgehead atoms.